The van der Waals surface area contributed by atoms with E-state index in [9.17, 15) is 0 Å². The van der Waals surface area contributed by atoms with Crippen LogP contribution in [0.4, 0.5) is 0 Å². The predicted molar refractivity (Wildman–Crippen MR) is 62.0 cm³/mol. The van der Waals surface area contributed by atoms with Gasteiger partial charge in [-0.2, -0.15) is 0 Å². The second-order valence-electron chi connectivity index (χ2n) is 4.33. The standard InChI is InChI=1S/C13H18O3/c1-9(2)15-12-6-4-5-11(7-12)14-8-13-10(3)16-13/h4-7,9-10,13H,8H2,1-3H3. The fourth-order valence-corrected chi connectivity index (χ4v) is 1.49. The van der Waals surface area contributed by atoms with E-state index in [2.05, 4.69) is 0 Å². The molecule has 0 spiro atoms. The molecule has 2 atom stereocenters. The van der Waals surface area contributed by atoms with Gasteiger partial charge in [-0.25, -0.2) is 0 Å². The maximum atomic E-state index is 5.62. The van der Waals surface area contributed by atoms with Crippen molar-refractivity contribution in [3.8, 4) is 11.5 Å². The van der Waals surface area contributed by atoms with Crippen LogP contribution < -0.4 is 9.47 Å². The maximum absolute atomic E-state index is 5.62. The second-order valence-corrected chi connectivity index (χ2v) is 4.33. The topological polar surface area (TPSA) is 31.0 Å². The van der Waals surface area contributed by atoms with Crippen LogP contribution >= 0.6 is 0 Å². The van der Waals surface area contributed by atoms with E-state index in [0.717, 1.165) is 11.5 Å². The highest BCUT2D eigenvalue weighted by Crippen LogP contribution is 2.24. The Balaban J connectivity index is 1.88. The van der Waals surface area contributed by atoms with Gasteiger partial charge in [0, 0.05) is 6.07 Å². The minimum absolute atomic E-state index is 0.182. The summed E-state index contributed by atoms with van der Waals surface area (Å²) >= 11 is 0. The zero-order valence-corrected chi connectivity index (χ0v) is 9.97. The van der Waals surface area contributed by atoms with Crippen molar-refractivity contribution >= 4 is 0 Å². The van der Waals surface area contributed by atoms with Crippen LogP contribution in [-0.2, 0) is 4.74 Å². The highest BCUT2D eigenvalue weighted by Gasteiger charge is 2.34. The van der Waals surface area contributed by atoms with E-state index in [1.165, 1.54) is 0 Å². The fourth-order valence-electron chi connectivity index (χ4n) is 1.49. The summed E-state index contributed by atoms with van der Waals surface area (Å²) in [5.41, 5.74) is 0. The number of benzene rings is 1. The summed E-state index contributed by atoms with van der Waals surface area (Å²) in [5, 5.41) is 0. The van der Waals surface area contributed by atoms with Gasteiger partial charge < -0.3 is 14.2 Å². The van der Waals surface area contributed by atoms with Crippen molar-refractivity contribution in [2.24, 2.45) is 0 Å². The molecule has 1 saturated heterocycles. The molecule has 0 aliphatic carbocycles. The Labute approximate surface area is 96.3 Å². The lowest BCUT2D eigenvalue weighted by molar-refractivity contribution is 0.236. The van der Waals surface area contributed by atoms with Gasteiger partial charge >= 0.3 is 0 Å². The molecule has 1 aliphatic heterocycles. The molecule has 88 valence electrons. The minimum atomic E-state index is 0.182. The first-order valence-corrected chi connectivity index (χ1v) is 5.70. The zero-order valence-electron chi connectivity index (χ0n) is 9.97. The van der Waals surface area contributed by atoms with Crippen molar-refractivity contribution in [1.29, 1.82) is 0 Å². The third kappa shape index (κ3) is 3.14. The molecule has 0 saturated carbocycles. The van der Waals surface area contributed by atoms with E-state index >= 15 is 0 Å². The largest absolute Gasteiger partial charge is 0.491 e. The molecule has 0 N–H and O–H groups in total. The van der Waals surface area contributed by atoms with Gasteiger partial charge in [-0.3, -0.25) is 0 Å². The van der Waals surface area contributed by atoms with Crippen LogP contribution in [0.15, 0.2) is 24.3 Å². The van der Waals surface area contributed by atoms with Crippen LogP contribution in [0.2, 0.25) is 0 Å². The molecule has 3 heteroatoms. The van der Waals surface area contributed by atoms with Gasteiger partial charge in [0.2, 0.25) is 0 Å². The van der Waals surface area contributed by atoms with Gasteiger partial charge in [-0.15, -0.1) is 0 Å². The summed E-state index contributed by atoms with van der Waals surface area (Å²) in [7, 11) is 0. The van der Waals surface area contributed by atoms with Crippen LogP contribution in [-0.4, -0.2) is 24.9 Å². The van der Waals surface area contributed by atoms with Gasteiger partial charge in [0.1, 0.15) is 24.2 Å². The third-order valence-corrected chi connectivity index (χ3v) is 2.43. The van der Waals surface area contributed by atoms with E-state index in [4.69, 9.17) is 14.2 Å². The van der Waals surface area contributed by atoms with Crippen LogP contribution in [0, 0.1) is 0 Å². The molecule has 1 aromatic carbocycles. The molecular weight excluding hydrogens is 204 g/mol. The van der Waals surface area contributed by atoms with Crippen molar-refractivity contribution in [3.05, 3.63) is 24.3 Å². The second kappa shape index (κ2) is 4.74. The number of hydrogen-bond acceptors (Lipinski definition) is 3. The Kier molecular flexibility index (Phi) is 3.34. The first-order valence-electron chi connectivity index (χ1n) is 5.70. The van der Waals surface area contributed by atoms with Gasteiger partial charge in [-0.1, -0.05) is 6.07 Å². The monoisotopic (exact) mass is 222 g/mol. The van der Waals surface area contributed by atoms with E-state index < -0.39 is 0 Å². The Bertz CT molecular complexity index is 349. The molecule has 1 heterocycles. The zero-order chi connectivity index (χ0) is 11.5. The third-order valence-electron chi connectivity index (χ3n) is 2.43. The summed E-state index contributed by atoms with van der Waals surface area (Å²) in [6, 6.07) is 7.71. The summed E-state index contributed by atoms with van der Waals surface area (Å²) in [6.07, 6.45) is 0.784. The fraction of sp³-hybridized carbons (Fsp3) is 0.538. The molecule has 1 aliphatic rings. The Morgan fingerprint density at radius 3 is 2.62 bits per heavy atom. The van der Waals surface area contributed by atoms with Gasteiger partial charge in [0.25, 0.3) is 0 Å². The Morgan fingerprint density at radius 2 is 2.00 bits per heavy atom. The molecule has 0 radical (unpaired) electrons. The van der Waals surface area contributed by atoms with E-state index in [-0.39, 0.29) is 12.2 Å². The van der Waals surface area contributed by atoms with Gasteiger partial charge in [-0.05, 0) is 32.9 Å². The highest BCUT2D eigenvalue weighted by atomic mass is 16.6. The molecule has 16 heavy (non-hydrogen) atoms. The van der Waals surface area contributed by atoms with Crippen LogP contribution in [0.1, 0.15) is 20.8 Å². The average Bonchev–Trinajstić information content (AvgIpc) is 2.91. The minimum Gasteiger partial charge on any atom is -0.491 e. The molecule has 2 rings (SSSR count). The normalized spacial score (nSPS) is 23.2. The van der Waals surface area contributed by atoms with Crippen molar-refractivity contribution in [3.63, 3.8) is 0 Å². The lowest BCUT2D eigenvalue weighted by atomic mass is 10.3. The number of rotatable bonds is 5. The summed E-state index contributed by atoms with van der Waals surface area (Å²) in [6.45, 7) is 6.68. The Morgan fingerprint density at radius 1 is 1.31 bits per heavy atom. The highest BCUT2D eigenvalue weighted by molar-refractivity contribution is 5.33. The van der Waals surface area contributed by atoms with Gasteiger partial charge in [0.15, 0.2) is 0 Å². The Hall–Kier alpha value is -1.22. The summed E-state index contributed by atoms with van der Waals surface area (Å²) in [5.74, 6) is 1.68. The predicted octanol–water partition coefficient (Wildman–Crippen LogP) is 2.64. The molecule has 3 nitrogen and oxygen atoms in total. The van der Waals surface area contributed by atoms with E-state index in [0.29, 0.717) is 12.7 Å². The van der Waals surface area contributed by atoms with Crippen molar-refractivity contribution < 1.29 is 14.2 Å². The van der Waals surface area contributed by atoms with E-state index in [1.54, 1.807) is 0 Å². The first kappa shape index (κ1) is 11.3. The molecule has 2 unspecified atom stereocenters. The average molecular weight is 222 g/mol. The number of epoxide rings is 1. The molecular formula is C13H18O3. The van der Waals surface area contributed by atoms with Gasteiger partial charge in [0.05, 0.1) is 12.2 Å². The summed E-state index contributed by atoms with van der Waals surface area (Å²) < 4.78 is 16.5. The lowest BCUT2D eigenvalue weighted by Gasteiger charge is -2.11. The molecule has 0 bridgehead atoms. The van der Waals surface area contributed by atoms with Crippen molar-refractivity contribution in [2.75, 3.05) is 6.61 Å². The quantitative estimate of drug-likeness (QED) is 0.718. The molecule has 1 fully saturated rings. The van der Waals surface area contributed by atoms with Crippen molar-refractivity contribution in [2.45, 2.75) is 39.1 Å². The lowest BCUT2D eigenvalue weighted by Crippen LogP contribution is -2.07. The SMILES string of the molecule is CC(C)Oc1cccc(OCC2OC2C)c1. The van der Waals surface area contributed by atoms with Crippen LogP contribution in [0.5, 0.6) is 11.5 Å². The van der Waals surface area contributed by atoms with Crippen LogP contribution in [0.25, 0.3) is 0 Å². The van der Waals surface area contributed by atoms with Crippen LogP contribution in [0.3, 0.4) is 0 Å². The number of ether oxygens (including phenoxy) is 3. The van der Waals surface area contributed by atoms with Crippen molar-refractivity contribution in [1.82, 2.24) is 0 Å². The smallest absolute Gasteiger partial charge is 0.123 e. The number of hydrogen-bond donors (Lipinski definition) is 0. The molecule has 0 amide bonds. The maximum Gasteiger partial charge on any atom is 0.123 e. The molecule has 0 aromatic heterocycles. The first-order chi connectivity index (χ1) is 7.65. The van der Waals surface area contributed by atoms with E-state index in [1.807, 2.05) is 45.0 Å². The molecule has 1 aromatic rings. The summed E-state index contributed by atoms with van der Waals surface area (Å²) in [4.78, 5) is 0.